The molecule has 7 nitrogen and oxygen atoms in total. The summed E-state index contributed by atoms with van der Waals surface area (Å²) in [6, 6.07) is 0. The van der Waals surface area contributed by atoms with E-state index in [4.69, 9.17) is 4.74 Å². The summed E-state index contributed by atoms with van der Waals surface area (Å²) in [5.74, 6) is -0.133. The van der Waals surface area contributed by atoms with Gasteiger partial charge >= 0.3 is 5.97 Å². The Kier molecular flexibility index (Phi) is 4.45. The van der Waals surface area contributed by atoms with Gasteiger partial charge in [0.05, 0.1) is 36.2 Å². The lowest BCUT2D eigenvalue weighted by atomic mass is 9.41. The minimum Gasteiger partial charge on any atom is -0.434 e. The fourth-order valence-electron chi connectivity index (χ4n) is 8.47. The van der Waals surface area contributed by atoms with Crippen LogP contribution in [0.5, 0.6) is 0 Å². The van der Waals surface area contributed by atoms with Crippen molar-refractivity contribution >= 4 is 12.2 Å². The highest BCUT2D eigenvalue weighted by Crippen LogP contribution is 2.70. The highest BCUT2D eigenvalue weighted by molar-refractivity contribution is 5.76. The van der Waals surface area contributed by atoms with Gasteiger partial charge in [-0.3, -0.25) is 4.79 Å². The molecule has 8 atom stereocenters. The zero-order valence-electron chi connectivity index (χ0n) is 17.6. The van der Waals surface area contributed by atoms with Gasteiger partial charge < -0.3 is 25.3 Å². The highest BCUT2D eigenvalue weighted by Gasteiger charge is 2.71. The molecule has 0 radical (unpaired) electrons. The van der Waals surface area contributed by atoms with E-state index in [1.165, 1.54) is 6.21 Å². The number of carbonyl (C=O) groups excluding carboxylic acids is 1. The summed E-state index contributed by atoms with van der Waals surface area (Å²) in [7, 11) is 0. The minimum absolute atomic E-state index is 0.00749. The van der Waals surface area contributed by atoms with Gasteiger partial charge in [0.2, 0.25) is 0 Å². The molecule has 4 N–H and O–H groups in total. The van der Waals surface area contributed by atoms with Gasteiger partial charge in [-0.05, 0) is 74.7 Å². The molecule has 0 amide bonds. The van der Waals surface area contributed by atoms with E-state index in [-0.39, 0.29) is 35.6 Å². The van der Waals surface area contributed by atoms with Gasteiger partial charge in [-0.15, -0.1) is 5.16 Å². The van der Waals surface area contributed by atoms with E-state index in [9.17, 15) is 25.3 Å². The molecule has 0 spiro atoms. The fraction of sp³-hybridized carbons (Fsp3) is 0.826. The standard InChI is InChI=1S/C23H33NO6/c1-20-6-3-17-18(23(20,28)9-5-16(20)14-10-19(26)30-12-14)4-8-22(27)11-15(25)2-7-21(17,22)13-24-29/h12-13,15-18,25,27-29H,2-11H2,1H3/b24-13+. The van der Waals surface area contributed by atoms with E-state index in [1.54, 1.807) is 6.26 Å². The maximum Gasteiger partial charge on any atom is 0.314 e. The Morgan fingerprint density at radius 1 is 1.10 bits per heavy atom. The Bertz CT molecular complexity index is 812. The number of hydrogen-bond donors (Lipinski definition) is 4. The van der Waals surface area contributed by atoms with Gasteiger partial charge in [-0.25, -0.2) is 0 Å². The number of fused-ring (bicyclic) bond motifs is 5. The van der Waals surface area contributed by atoms with Gasteiger partial charge in [0.1, 0.15) is 0 Å². The molecule has 7 heteroatoms. The minimum atomic E-state index is -1.12. The maximum absolute atomic E-state index is 12.2. The molecule has 1 heterocycles. The Balaban J connectivity index is 1.52. The third-order valence-corrected chi connectivity index (χ3v) is 9.93. The normalized spacial score (nSPS) is 53.1. The smallest absolute Gasteiger partial charge is 0.314 e. The largest absolute Gasteiger partial charge is 0.434 e. The number of nitrogens with zero attached hydrogens (tertiary/aromatic N) is 1. The number of rotatable bonds is 2. The molecule has 5 aliphatic rings. The summed E-state index contributed by atoms with van der Waals surface area (Å²) in [4.78, 5) is 11.7. The van der Waals surface area contributed by atoms with Gasteiger partial charge in [0.15, 0.2) is 0 Å². The third-order valence-electron chi connectivity index (χ3n) is 9.93. The molecule has 4 aliphatic carbocycles. The first-order valence-electron chi connectivity index (χ1n) is 11.4. The summed E-state index contributed by atoms with van der Waals surface area (Å²) < 4.78 is 5.10. The molecule has 4 fully saturated rings. The lowest BCUT2D eigenvalue weighted by molar-refractivity contribution is -0.237. The average molecular weight is 420 g/mol. The average Bonchev–Trinajstić information content (AvgIpc) is 3.23. The van der Waals surface area contributed by atoms with E-state index in [0.717, 1.165) is 24.8 Å². The number of carbonyl (C=O) groups is 1. The monoisotopic (exact) mass is 419 g/mol. The second kappa shape index (κ2) is 6.53. The summed E-state index contributed by atoms with van der Waals surface area (Å²) in [5, 5.41) is 47.0. The third kappa shape index (κ3) is 2.43. The van der Waals surface area contributed by atoms with Crippen molar-refractivity contribution in [1.29, 1.82) is 0 Å². The van der Waals surface area contributed by atoms with Crippen LogP contribution in [-0.4, -0.2) is 50.0 Å². The lowest BCUT2D eigenvalue weighted by Crippen LogP contribution is -2.68. The molecule has 0 aromatic heterocycles. The number of aliphatic hydroxyl groups excluding tert-OH is 1. The molecule has 8 unspecified atom stereocenters. The zero-order chi connectivity index (χ0) is 21.4. The van der Waals surface area contributed by atoms with Crippen LogP contribution in [0.15, 0.2) is 17.0 Å². The number of aliphatic hydroxyl groups is 3. The Morgan fingerprint density at radius 3 is 2.57 bits per heavy atom. The van der Waals surface area contributed by atoms with E-state index in [1.807, 2.05) is 0 Å². The number of cyclic esters (lactones) is 1. The molecule has 0 aromatic carbocycles. The number of esters is 1. The molecule has 0 bridgehead atoms. The van der Waals surface area contributed by atoms with E-state index >= 15 is 0 Å². The SMILES string of the molecule is CC12CCC3C(CCC4(O)CC(O)CCC34/C=N/O)C1(O)CCC2C1=COC(=O)C1. The molecule has 166 valence electrons. The van der Waals surface area contributed by atoms with Crippen molar-refractivity contribution < 1.29 is 30.1 Å². The van der Waals surface area contributed by atoms with Crippen LogP contribution in [0.1, 0.15) is 71.1 Å². The molecule has 4 saturated carbocycles. The zero-order valence-corrected chi connectivity index (χ0v) is 17.6. The van der Waals surface area contributed by atoms with Gasteiger partial charge in [-0.2, -0.15) is 0 Å². The Morgan fingerprint density at radius 2 is 1.87 bits per heavy atom. The summed E-state index contributed by atoms with van der Waals surface area (Å²) in [6.45, 7) is 2.16. The van der Waals surface area contributed by atoms with Crippen molar-refractivity contribution in [3.8, 4) is 0 Å². The van der Waals surface area contributed by atoms with Crippen LogP contribution in [-0.2, 0) is 9.53 Å². The van der Waals surface area contributed by atoms with Crippen molar-refractivity contribution in [1.82, 2.24) is 0 Å². The number of oxime groups is 1. The maximum atomic E-state index is 12.2. The molecule has 1 aliphatic heterocycles. The van der Waals surface area contributed by atoms with E-state index < -0.39 is 22.7 Å². The van der Waals surface area contributed by atoms with Crippen LogP contribution < -0.4 is 0 Å². The Labute approximate surface area is 176 Å². The predicted octanol–water partition coefficient (Wildman–Crippen LogP) is 2.51. The van der Waals surface area contributed by atoms with Crippen molar-refractivity contribution in [3.63, 3.8) is 0 Å². The second-order valence-electron chi connectivity index (χ2n) is 10.8. The van der Waals surface area contributed by atoms with Crippen LogP contribution >= 0.6 is 0 Å². The quantitative estimate of drug-likeness (QED) is 0.236. The van der Waals surface area contributed by atoms with Crippen LogP contribution in [0.3, 0.4) is 0 Å². The summed E-state index contributed by atoms with van der Waals surface area (Å²) >= 11 is 0. The molecular formula is C23H33NO6. The molecule has 5 rings (SSSR count). The molecular weight excluding hydrogens is 386 g/mol. The summed E-state index contributed by atoms with van der Waals surface area (Å²) in [6.07, 6.45) is 8.50. The van der Waals surface area contributed by atoms with Gasteiger partial charge in [-0.1, -0.05) is 6.92 Å². The van der Waals surface area contributed by atoms with Crippen molar-refractivity contribution in [2.24, 2.45) is 33.7 Å². The first-order chi connectivity index (χ1) is 14.2. The van der Waals surface area contributed by atoms with Crippen molar-refractivity contribution in [2.45, 2.75) is 88.4 Å². The number of ether oxygens (including phenoxy) is 1. The predicted molar refractivity (Wildman–Crippen MR) is 108 cm³/mol. The molecule has 0 aromatic rings. The molecule has 0 saturated heterocycles. The first-order valence-corrected chi connectivity index (χ1v) is 11.4. The van der Waals surface area contributed by atoms with Gasteiger partial charge in [0.25, 0.3) is 0 Å². The topological polar surface area (TPSA) is 120 Å². The highest BCUT2D eigenvalue weighted by atomic mass is 16.5. The number of hydrogen-bond acceptors (Lipinski definition) is 7. The Hall–Kier alpha value is -1.44. The summed E-state index contributed by atoms with van der Waals surface area (Å²) in [5.41, 5.74) is -2.11. The van der Waals surface area contributed by atoms with Crippen LogP contribution in [0.25, 0.3) is 0 Å². The van der Waals surface area contributed by atoms with E-state index in [2.05, 4.69) is 12.1 Å². The first kappa shape index (κ1) is 20.5. The van der Waals surface area contributed by atoms with Crippen LogP contribution in [0, 0.1) is 28.6 Å². The van der Waals surface area contributed by atoms with Crippen molar-refractivity contribution in [3.05, 3.63) is 11.8 Å². The fourth-order valence-corrected chi connectivity index (χ4v) is 8.47. The van der Waals surface area contributed by atoms with Crippen molar-refractivity contribution in [2.75, 3.05) is 0 Å². The molecule has 30 heavy (non-hydrogen) atoms. The lowest BCUT2D eigenvalue weighted by Gasteiger charge is -2.65. The van der Waals surface area contributed by atoms with Crippen LogP contribution in [0.2, 0.25) is 0 Å². The van der Waals surface area contributed by atoms with Crippen LogP contribution in [0.4, 0.5) is 0 Å². The van der Waals surface area contributed by atoms with Gasteiger partial charge in [0, 0.05) is 17.3 Å². The van der Waals surface area contributed by atoms with E-state index in [0.29, 0.717) is 38.5 Å². The second-order valence-corrected chi connectivity index (χ2v) is 10.8.